The molecule has 0 aromatic carbocycles. The van der Waals surface area contributed by atoms with E-state index >= 15 is 0 Å². The van der Waals surface area contributed by atoms with Crippen LogP contribution in [0.2, 0.25) is 0 Å². The molecule has 0 radical (unpaired) electrons. The minimum atomic E-state index is -0.316. The molecule has 0 atom stereocenters. The topological polar surface area (TPSA) is 52.3 Å². The molecule has 0 saturated carbocycles. The molecule has 0 aromatic rings. The summed E-state index contributed by atoms with van der Waals surface area (Å²) in [6, 6.07) is 0. The first-order chi connectivity index (χ1) is 4.31. The van der Waals surface area contributed by atoms with Crippen LogP contribution in [0.1, 0.15) is 19.8 Å². The molecule has 0 bridgehead atoms. The van der Waals surface area contributed by atoms with Crippen molar-refractivity contribution in [2.45, 2.75) is 19.8 Å². The maximum atomic E-state index is 10.3. The highest BCUT2D eigenvalue weighted by Crippen LogP contribution is 1.86. The molecule has 0 aliphatic rings. The third kappa shape index (κ3) is 5.30. The van der Waals surface area contributed by atoms with Crippen molar-refractivity contribution in [3.05, 3.63) is 0 Å². The predicted molar refractivity (Wildman–Crippen MR) is 34.9 cm³/mol. The molecule has 0 rings (SSSR count). The Bertz CT molecular complexity index is 83.1. The number of rotatable bonds is 4. The summed E-state index contributed by atoms with van der Waals surface area (Å²) in [4.78, 5) is 10.3. The number of nitrogens with two attached hydrogens (primary N) is 1. The van der Waals surface area contributed by atoms with Crippen molar-refractivity contribution in [1.29, 1.82) is 0 Å². The molecule has 3 heteroatoms. The van der Waals surface area contributed by atoms with Gasteiger partial charge in [-0.25, -0.2) is 0 Å². The Balaban J connectivity index is 2.97. The molecular weight excluding hydrogens is 119 g/mol. The quantitative estimate of drug-likeness (QED) is 0.340. The van der Waals surface area contributed by atoms with Crippen LogP contribution in [-0.4, -0.2) is 19.1 Å². The van der Waals surface area contributed by atoms with E-state index in [9.17, 15) is 4.79 Å². The third-order valence-corrected chi connectivity index (χ3v) is 0.928. The molecule has 2 N–H and O–H groups in total. The lowest BCUT2D eigenvalue weighted by Crippen LogP contribution is -2.17. The average Bonchev–Trinajstić information content (AvgIpc) is 1.89. The molecule has 0 saturated heterocycles. The highest BCUT2D eigenvalue weighted by molar-refractivity contribution is 5.71. The molecule has 0 aliphatic carbocycles. The number of esters is 1. The van der Waals surface area contributed by atoms with Gasteiger partial charge in [-0.3, -0.25) is 4.79 Å². The van der Waals surface area contributed by atoms with Gasteiger partial charge >= 0.3 is 5.97 Å². The second-order valence-corrected chi connectivity index (χ2v) is 1.78. The fourth-order valence-electron chi connectivity index (χ4n) is 0.389. The first-order valence-corrected chi connectivity index (χ1v) is 3.17. The van der Waals surface area contributed by atoms with Crippen LogP contribution in [0, 0.1) is 0 Å². The van der Waals surface area contributed by atoms with Crippen molar-refractivity contribution in [1.82, 2.24) is 0 Å². The highest BCUT2D eigenvalue weighted by atomic mass is 16.5. The summed E-state index contributed by atoms with van der Waals surface area (Å²) < 4.78 is 4.67. The predicted octanol–water partition coefficient (Wildman–Crippen LogP) is 0.288. The lowest BCUT2D eigenvalue weighted by atomic mass is 10.4. The van der Waals surface area contributed by atoms with E-state index in [1.165, 1.54) is 0 Å². The number of hydrogen-bond acceptors (Lipinski definition) is 3. The second-order valence-electron chi connectivity index (χ2n) is 1.78. The summed E-state index contributed by atoms with van der Waals surface area (Å²) >= 11 is 0. The average molecular weight is 132 g/mol. The molecule has 3 nitrogen and oxygen atoms in total. The van der Waals surface area contributed by atoms with Gasteiger partial charge in [0.1, 0.15) is 0 Å². The summed E-state index contributed by atoms with van der Waals surface area (Å²) in [5, 5.41) is 0. The standard InChI is InChI=1S/C6H13NO2/c1-2-3-4-9-6(8)5-7/h2-5,7H2,1H3/i7+1. The SMILES string of the molecule is CCCCOC(=O)C[15NH2]. The van der Waals surface area contributed by atoms with Crippen LogP contribution in [-0.2, 0) is 9.53 Å². The highest BCUT2D eigenvalue weighted by Gasteiger charge is 1.94. The van der Waals surface area contributed by atoms with Gasteiger partial charge in [0.25, 0.3) is 0 Å². The molecule has 0 spiro atoms. The van der Waals surface area contributed by atoms with E-state index in [1.807, 2.05) is 6.92 Å². The van der Waals surface area contributed by atoms with E-state index in [2.05, 4.69) is 4.74 Å². The maximum absolute atomic E-state index is 10.3. The van der Waals surface area contributed by atoms with Gasteiger partial charge in [0.2, 0.25) is 0 Å². The Kier molecular flexibility index (Phi) is 5.21. The Morgan fingerprint density at radius 1 is 1.67 bits per heavy atom. The van der Waals surface area contributed by atoms with Crippen LogP contribution >= 0.6 is 0 Å². The fraction of sp³-hybridized carbons (Fsp3) is 0.833. The van der Waals surface area contributed by atoms with Crippen molar-refractivity contribution in [3.8, 4) is 0 Å². The van der Waals surface area contributed by atoms with Gasteiger partial charge in [0.05, 0.1) is 13.2 Å². The molecule has 54 valence electrons. The van der Waals surface area contributed by atoms with E-state index in [1.54, 1.807) is 0 Å². The van der Waals surface area contributed by atoms with E-state index in [0.29, 0.717) is 6.61 Å². The van der Waals surface area contributed by atoms with Crippen LogP contribution in [0.4, 0.5) is 0 Å². The Morgan fingerprint density at radius 2 is 2.33 bits per heavy atom. The van der Waals surface area contributed by atoms with Gasteiger partial charge in [0.15, 0.2) is 0 Å². The van der Waals surface area contributed by atoms with Crippen molar-refractivity contribution >= 4 is 5.97 Å². The van der Waals surface area contributed by atoms with Gasteiger partial charge in [-0.2, -0.15) is 0 Å². The minimum Gasteiger partial charge on any atom is -0.465 e. The number of ether oxygens (including phenoxy) is 1. The number of hydrogen-bond donors (Lipinski definition) is 1. The zero-order valence-corrected chi connectivity index (χ0v) is 5.72. The summed E-state index contributed by atoms with van der Waals surface area (Å²) in [6.07, 6.45) is 1.96. The molecule has 0 unspecified atom stereocenters. The van der Waals surface area contributed by atoms with Crippen LogP contribution in [0.15, 0.2) is 0 Å². The summed E-state index contributed by atoms with van der Waals surface area (Å²) in [7, 11) is 0. The summed E-state index contributed by atoms with van der Waals surface area (Å²) in [5.74, 6) is -0.316. The fourth-order valence-corrected chi connectivity index (χ4v) is 0.389. The Morgan fingerprint density at radius 3 is 2.78 bits per heavy atom. The van der Waals surface area contributed by atoms with Crippen LogP contribution in [0.25, 0.3) is 0 Å². The van der Waals surface area contributed by atoms with Gasteiger partial charge in [-0.1, -0.05) is 13.3 Å². The van der Waals surface area contributed by atoms with Gasteiger partial charge < -0.3 is 10.5 Å². The zero-order valence-electron chi connectivity index (χ0n) is 5.72. The largest absolute Gasteiger partial charge is 0.465 e. The molecular formula is C6H13NO2. The van der Waals surface area contributed by atoms with Crippen molar-refractivity contribution in [2.24, 2.45) is 5.73 Å². The first-order valence-electron chi connectivity index (χ1n) is 3.17. The van der Waals surface area contributed by atoms with Crippen LogP contribution in [0.3, 0.4) is 0 Å². The van der Waals surface area contributed by atoms with Crippen LogP contribution in [0.5, 0.6) is 0 Å². The van der Waals surface area contributed by atoms with E-state index < -0.39 is 0 Å². The van der Waals surface area contributed by atoms with E-state index in [4.69, 9.17) is 5.73 Å². The maximum Gasteiger partial charge on any atom is 0.319 e. The van der Waals surface area contributed by atoms with Crippen molar-refractivity contribution in [2.75, 3.05) is 13.2 Å². The third-order valence-electron chi connectivity index (χ3n) is 0.928. The number of unbranched alkanes of at least 4 members (excludes halogenated alkanes) is 1. The summed E-state index contributed by atoms with van der Waals surface area (Å²) in [5.41, 5.74) is 4.98. The van der Waals surface area contributed by atoms with Crippen molar-refractivity contribution < 1.29 is 9.53 Å². The smallest absolute Gasteiger partial charge is 0.319 e. The Hall–Kier alpha value is -0.570. The molecule has 0 amide bonds. The molecule has 0 fully saturated rings. The second kappa shape index (κ2) is 5.56. The monoisotopic (exact) mass is 132 g/mol. The normalized spacial score (nSPS) is 9.11. The van der Waals surface area contributed by atoms with Crippen molar-refractivity contribution in [3.63, 3.8) is 0 Å². The summed E-state index contributed by atoms with van der Waals surface area (Å²) in [6.45, 7) is 2.53. The minimum absolute atomic E-state index is 0.0102. The Labute approximate surface area is 55.2 Å². The van der Waals surface area contributed by atoms with Gasteiger partial charge in [0, 0.05) is 0 Å². The molecule has 0 aliphatic heterocycles. The molecule has 0 aromatic heterocycles. The number of carbonyl (C=O) groups excluding carboxylic acids is 1. The molecule has 9 heavy (non-hydrogen) atoms. The number of carbonyl (C=O) groups is 1. The van der Waals surface area contributed by atoms with Crippen LogP contribution < -0.4 is 5.73 Å². The lowest BCUT2D eigenvalue weighted by Gasteiger charge is -1.99. The van der Waals surface area contributed by atoms with Gasteiger partial charge in [-0.15, -0.1) is 0 Å². The molecule has 0 heterocycles. The zero-order chi connectivity index (χ0) is 7.11. The van der Waals surface area contributed by atoms with E-state index in [0.717, 1.165) is 12.8 Å². The van der Waals surface area contributed by atoms with Gasteiger partial charge in [-0.05, 0) is 6.42 Å². The lowest BCUT2D eigenvalue weighted by molar-refractivity contribution is -0.141. The first kappa shape index (κ1) is 8.43. The van der Waals surface area contributed by atoms with E-state index in [-0.39, 0.29) is 12.5 Å².